The zero-order valence-corrected chi connectivity index (χ0v) is 20.1. The van der Waals surface area contributed by atoms with Crippen molar-refractivity contribution in [2.45, 2.75) is 37.6 Å². The van der Waals surface area contributed by atoms with E-state index in [-0.39, 0.29) is 28.3 Å². The average molecular weight is 494 g/mol. The maximum absolute atomic E-state index is 13.0. The number of benzene rings is 2. The highest BCUT2D eigenvalue weighted by Crippen LogP contribution is 2.27. The molecule has 1 unspecified atom stereocenters. The largest absolute Gasteiger partial charge is 0.326 e. The monoisotopic (exact) mass is 493 g/mol. The lowest BCUT2D eigenvalue weighted by Crippen LogP contribution is -2.43. The Morgan fingerprint density at radius 1 is 1.19 bits per heavy atom. The predicted molar refractivity (Wildman–Crippen MR) is 128 cm³/mol. The summed E-state index contributed by atoms with van der Waals surface area (Å²) in [5.74, 6) is -0.684. The average Bonchev–Trinajstić information content (AvgIpc) is 3.09. The first-order chi connectivity index (χ1) is 15.2. The van der Waals surface area contributed by atoms with Crippen molar-refractivity contribution in [1.82, 2.24) is 8.87 Å². The topological polar surface area (TPSA) is 88.5 Å². The van der Waals surface area contributed by atoms with Crippen molar-refractivity contribution >= 4 is 54.8 Å². The fourth-order valence-electron chi connectivity index (χ4n) is 3.98. The van der Waals surface area contributed by atoms with Crippen LogP contribution in [0.25, 0.3) is 10.2 Å². The van der Waals surface area contributed by atoms with Crippen LogP contribution in [-0.4, -0.2) is 36.3 Å². The summed E-state index contributed by atoms with van der Waals surface area (Å²) in [5.41, 5.74) is 1.43. The van der Waals surface area contributed by atoms with Gasteiger partial charge in [-0.05, 0) is 69.2 Å². The summed E-state index contributed by atoms with van der Waals surface area (Å²) in [7, 11) is -3.70. The molecule has 0 bridgehead atoms. The normalized spacial score (nSPS) is 17.7. The maximum Gasteiger partial charge on any atom is 0.308 e. The minimum atomic E-state index is -3.70. The van der Waals surface area contributed by atoms with Crippen molar-refractivity contribution in [2.24, 2.45) is 5.92 Å². The van der Waals surface area contributed by atoms with E-state index in [1.165, 1.54) is 16.4 Å². The van der Waals surface area contributed by atoms with E-state index in [2.05, 4.69) is 5.32 Å². The molecule has 1 saturated heterocycles. The molecule has 0 aliphatic carbocycles. The number of piperidine rings is 1. The number of sulfonamides is 1. The highest BCUT2D eigenvalue weighted by Gasteiger charge is 2.33. The lowest BCUT2D eigenvalue weighted by molar-refractivity contribution is -0.120. The number of thiazole rings is 1. The maximum atomic E-state index is 13.0. The van der Waals surface area contributed by atoms with Gasteiger partial charge in [0.15, 0.2) is 0 Å². The van der Waals surface area contributed by atoms with Gasteiger partial charge in [-0.1, -0.05) is 22.9 Å². The Labute approximate surface area is 195 Å². The second-order valence-electron chi connectivity index (χ2n) is 8.16. The number of aromatic nitrogens is 1. The number of fused-ring (bicyclic) bond motifs is 1. The van der Waals surface area contributed by atoms with E-state index in [0.29, 0.717) is 30.1 Å². The van der Waals surface area contributed by atoms with Crippen LogP contribution in [0.4, 0.5) is 5.69 Å². The molecule has 1 N–H and O–H groups in total. The molecule has 3 aromatic rings. The summed E-state index contributed by atoms with van der Waals surface area (Å²) >= 11 is 7.02. The van der Waals surface area contributed by atoms with E-state index < -0.39 is 15.9 Å². The van der Waals surface area contributed by atoms with Gasteiger partial charge in [-0.15, -0.1) is 0 Å². The van der Waals surface area contributed by atoms with Gasteiger partial charge in [0.2, 0.25) is 15.9 Å². The third-order valence-electron chi connectivity index (χ3n) is 5.60. The molecule has 0 spiro atoms. The van der Waals surface area contributed by atoms with Crippen molar-refractivity contribution in [3.8, 4) is 0 Å². The van der Waals surface area contributed by atoms with Crippen LogP contribution in [0.2, 0.25) is 5.02 Å². The summed E-state index contributed by atoms with van der Waals surface area (Å²) < 4.78 is 29.9. The third kappa shape index (κ3) is 4.47. The van der Waals surface area contributed by atoms with Gasteiger partial charge in [-0.3, -0.25) is 14.2 Å². The van der Waals surface area contributed by atoms with E-state index >= 15 is 0 Å². The van der Waals surface area contributed by atoms with E-state index in [0.717, 1.165) is 21.6 Å². The number of carbonyl (C=O) groups is 1. The molecule has 4 rings (SSSR count). The summed E-state index contributed by atoms with van der Waals surface area (Å²) in [6.45, 7) is 4.40. The van der Waals surface area contributed by atoms with Crippen LogP contribution in [0.1, 0.15) is 32.7 Å². The molecule has 1 fully saturated rings. The van der Waals surface area contributed by atoms with Crippen LogP contribution >= 0.6 is 22.9 Å². The molecule has 0 radical (unpaired) electrons. The molecule has 1 aliphatic heterocycles. The van der Waals surface area contributed by atoms with Crippen LogP contribution < -0.4 is 10.2 Å². The van der Waals surface area contributed by atoms with Gasteiger partial charge in [0.25, 0.3) is 0 Å². The number of hydrogen-bond donors (Lipinski definition) is 1. The molecular weight excluding hydrogens is 470 g/mol. The lowest BCUT2D eigenvalue weighted by Gasteiger charge is -2.31. The minimum absolute atomic E-state index is 0.0335. The zero-order valence-electron chi connectivity index (χ0n) is 17.7. The molecule has 1 atom stereocenters. The van der Waals surface area contributed by atoms with Crippen LogP contribution in [0, 0.1) is 5.92 Å². The number of halogens is 1. The molecular formula is C22H24ClN3O4S2. The first-order valence-electron chi connectivity index (χ1n) is 10.4. The standard InChI is InChI=1S/C22H24ClN3O4S2/c1-14(2)26-19-10-7-17(12-20(19)31-22(26)28)24-21(27)15-4-3-11-25(13-15)32(29,30)18-8-5-16(23)6-9-18/h5-10,12,14-15H,3-4,11,13H2,1-2H3,(H,24,27). The number of amides is 1. The summed E-state index contributed by atoms with van der Waals surface area (Å²) in [6, 6.07) is 11.5. The highest BCUT2D eigenvalue weighted by atomic mass is 35.5. The molecule has 1 amide bonds. The van der Waals surface area contributed by atoms with Gasteiger partial charge in [0.05, 0.1) is 21.0 Å². The fraction of sp³-hybridized carbons (Fsp3) is 0.364. The second-order valence-corrected chi connectivity index (χ2v) is 11.5. The molecule has 170 valence electrons. The van der Waals surface area contributed by atoms with Crippen LogP contribution in [0.3, 0.4) is 0 Å². The second kappa shape index (κ2) is 8.97. The van der Waals surface area contributed by atoms with Crippen LogP contribution in [0.15, 0.2) is 52.2 Å². The predicted octanol–water partition coefficient (Wildman–Crippen LogP) is 4.34. The van der Waals surface area contributed by atoms with Crippen molar-refractivity contribution in [3.05, 3.63) is 57.2 Å². The van der Waals surface area contributed by atoms with Gasteiger partial charge < -0.3 is 5.32 Å². The van der Waals surface area contributed by atoms with Crippen LogP contribution in [-0.2, 0) is 14.8 Å². The molecule has 10 heteroatoms. The van der Waals surface area contributed by atoms with Crippen molar-refractivity contribution in [3.63, 3.8) is 0 Å². The van der Waals surface area contributed by atoms with Gasteiger partial charge in [0, 0.05) is 29.8 Å². The number of rotatable bonds is 5. The molecule has 2 aromatic carbocycles. The van der Waals surface area contributed by atoms with Crippen molar-refractivity contribution in [1.29, 1.82) is 0 Å². The fourth-order valence-corrected chi connectivity index (χ4v) is 6.68. The number of carbonyl (C=O) groups excluding carboxylic acids is 1. The highest BCUT2D eigenvalue weighted by molar-refractivity contribution is 7.89. The number of nitrogens with one attached hydrogen (secondary N) is 1. The summed E-state index contributed by atoms with van der Waals surface area (Å²) in [5, 5.41) is 3.36. The Morgan fingerprint density at radius 3 is 2.59 bits per heavy atom. The van der Waals surface area contributed by atoms with E-state index in [1.54, 1.807) is 28.8 Å². The van der Waals surface area contributed by atoms with Crippen molar-refractivity contribution in [2.75, 3.05) is 18.4 Å². The first-order valence-corrected chi connectivity index (χ1v) is 13.0. The van der Waals surface area contributed by atoms with E-state index in [9.17, 15) is 18.0 Å². The molecule has 0 saturated carbocycles. The zero-order chi connectivity index (χ0) is 23.0. The Kier molecular flexibility index (Phi) is 6.44. The summed E-state index contributed by atoms with van der Waals surface area (Å²) in [6.07, 6.45) is 1.21. The number of nitrogens with zero attached hydrogens (tertiary/aromatic N) is 2. The molecule has 1 aromatic heterocycles. The SMILES string of the molecule is CC(C)n1c(=O)sc2cc(NC(=O)C3CCCN(S(=O)(=O)c4ccc(Cl)cc4)C3)ccc21. The Bertz CT molecular complexity index is 1310. The van der Waals surface area contributed by atoms with E-state index in [4.69, 9.17) is 11.6 Å². The molecule has 7 nitrogen and oxygen atoms in total. The Balaban J connectivity index is 1.50. The molecule has 1 aliphatic rings. The smallest absolute Gasteiger partial charge is 0.308 e. The van der Waals surface area contributed by atoms with Gasteiger partial charge >= 0.3 is 4.87 Å². The Hall–Kier alpha value is -2.20. The first kappa shape index (κ1) is 23.0. The quantitative estimate of drug-likeness (QED) is 0.572. The van der Waals surface area contributed by atoms with Gasteiger partial charge in [-0.25, -0.2) is 8.42 Å². The Morgan fingerprint density at radius 2 is 1.91 bits per heavy atom. The number of hydrogen-bond acceptors (Lipinski definition) is 5. The van der Waals surface area contributed by atoms with E-state index in [1.807, 2.05) is 19.9 Å². The van der Waals surface area contributed by atoms with Gasteiger partial charge in [0.1, 0.15) is 0 Å². The van der Waals surface area contributed by atoms with Crippen molar-refractivity contribution < 1.29 is 13.2 Å². The van der Waals surface area contributed by atoms with Crippen LogP contribution in [0.5, 0.6) is 0 Å². The molecule has 32 heavy (non-hydrogen) atoms. The third-order valence-corrected chi connectivity index (χ3v) is 8.65. The molecule has 2 heterocycles. The number of anilines is 1. The minimum Gasteiger partial charge on any atom is -0.326 e. The van der Waals surface area contributed by atoms with Gasteiger partial charge in [-0.2, -0.15) is 4.31 Å². The lowest BCUT2D eigenvalue weighted by atomic mass is 9.98. The summed E-state index contributed by atoms with van der Waals surface area (Å²) in [4.78, 5) is 25.3.